The fraction of sp³-hybridized carbons (Fsp3) is 0.571. The second kappa shape index (κ2) is 6.25. The van der Waals surface area contributed by atoms with Crippen LogP contribution in [-0.2, 0) is 16.3 Å². The number of rotatable bonds is 4. The standard InChI is InChI=1S/C14H20ClNO2S/c1-11(10-12-4-2-3-5-14(12)15)16-13-6-8-19(17,18)9-7-13/h2-5,11,13,16H,6-10H2,1H3. The van der Waals surface area contributed by atoms with Crippen LogP contribution in [0.25, 0.3) is 0 Å². The summed E-state index contributed by atoms with van der Waals surface area (Å²) >= 11 is 6.14. The molecule has 1 atom stereocenters. The van der Waals surface area contributed by atoms with Gasteiger partial charge in [0.2, 0.25) is 0 Å². The van der Waals surface area contributed by atoms with Gasteiger partial charge in [-0.3, -0.25) is 0 Å². The van der Waals surface area contributed by atoms with Crippen molar-refractivity contribution in [2.75, 3.05) is 11.5 Å². The molecule has 0 radical (unpaired) electrons. The summed E-state index contributed by atoms with van der Waals surface area (Å²) in [6.45, 7) is 2.12. The maximum Gasteiger partial charge on any atom is 0.150 e. The highest BCUT2D eigenvalue weighted by Gasteiger charge is 2.24. The molecule has 5 heteroatoms. The average Bonchev–Trinajstić information content (AvgIpc) is 2.35. The first-order valence-corrected chi connectivity index (χ1v) is 8.86. The summed E-state index contributed by atoms with van der Waals surface area (Å²) in [5, 5.41) is 4.30. The van der Waals surface area contributed by atoms with Crippen LogP contribution >= 0.6 is 11.6 Å². The molecule has 0 spiro atoms. The molecule has 0 bridgehead atoms. The number of halogens is 1. The van der Waals surface area contributed by atoms with Crippen LogP contribution in [0, 0.1) is 0 Å². The summed E-state index contributed by atoms with van der Waals surface area (Å²) < 4.78 is 22.7. The van der Waals surface area contributed by atoms with Crippen molar-refractivity contribution < 1.29 is 8.42 Å². The molecule has 1 aromatic carbocycles. The van der Waals surface area contributed by atoms with E-state index in [1.165, 1.54) is 0 Å². The normalized spacial score (nSPS) is 21.2. The number of hydrogen-bond donors (Lipinski definition) is 1. The van der Waals surface area contributed by atoms with E-state index >= 15 is 0 Å². The summed E-state index contributed by atoms with van der Waals surface area (Å²) in [6.07, 6.45) is 2.30. The Hall–Kier alpha value is -0.580. The quantitative estimate of drug-likeness (QED) is 0.929. The van der Waals surface area contributed by atoms with Gasteiger partial charge in [0.1, 0.15) is 9.84 Å². The van der Waals surface area contributed by atoms with Crippen LogP contribution in [0.2, 0.25) is 5.02 Å². The van der Waals surface area contributed by atoms with Crippen molar-refractivity contribution in [3.05, 3.63) is 34.9 Å². The third-order valence-electron chi connectivity index (χ3n) is 3.56. The summed E-state index contributed by atoms with van der Waals surface area (Å²) in [7, 11) is -2.78. The van der Waals surface area contributed by atoms with Crippen molar-refractivity contribution in [2.45, 2.75) is 38.3 Å². The van der Waals surface area contributed by atoms with Crippen molar-refractivity contribution in [1.29, 1.82) is 0 Å². The Bertz CT molecular complexity index is 516. The fourth-order valence-electron chi connectivity index (χ4n) is 2.51. The van der Waals surface area contributed by atoms with Crippen LogP contribution in [-0.4, -0.2) is 32.0 Å². The molecule has 1 N–H and O–H groups in total. The molecule has 2 rings (SSSR count). The van der Waals surface area contributed by atoms with Gasteiger partial charge in [-0.05, 0) is 37.8 Å². The molecule has 0 aliphatic carbocycles. The van der Waals surface area contributed by atoms with Gasteiger partial charge < -0.3 is 5.32 Å². The van der Waals surface area contributed by atoms with Crippen LogP contribution in [0.15, 0.2) is 24.3 Å². The molecule has 1 aliphatic rings. The maximum absolute atomic E-state index is 11.4. The molecule has 1 saturated heterocycles. The van der Waals surface area contributed by atoms with Crippen LogP contribution in [0.5, 0.6) is 0 Å². The van der Waals surface area contributed by atoms with Gasteiger partial charge in [0.15, 0.2) is 0 Å². The van der Waals surface area contributed by atoms with Gasteiger partial charge in [-0.25, -0.2) is 8.42 Å². The minimum Gasteiger partial charge on any atom is -0.311 e. The Morgan fingerprint density at radius 1 is 1.32 bits per heavy atom. The topological polar surface area (TPSA) is 46.2 Å². The lowest BCUT2D eigenvalue weighted by atomic mass is 10.0. The van der Waals surface area contributed by atoms with E-state index in [1.807, 2.05) is 24.3 Å². The molecule has 0 saturated carbocycles. The van der Waals surface area contributed by atoms with E-state index < -0.39 is 9.84 Å². The molecule has 1 aromatic rings. The second-order valence-electron chi connectivity index (χ2n) is 5.29. The van der Waals surface area contributed by atoms with Gasteiger partial charge in [0.25, 0.3) is 0 Å². The average molecular weight is 302 g/mol. The first-order chi connectivity index (χ1) is 8.96. The molecule has 0 amide bonds. The highest BCUT2D eigenvalue weighted by atomic mass is 35.5. The van der Waals surface area contributed by atoms with E-state index in [4.69, 9.17) is 11.6 Å². The van der Waals surface area contributed by atoms with Crippen molar-refractivity contribution >= 4 is 21.4 Å². The van der Waals surface area contributed by atoms with Gasteiger partial charge in [-0.15, -0.1) is 0 Å². The first kappa shape index (κ1) is 14.8. The van der Waals surface area contributed by atoms with Crippen molar-refractivity contribution in [2.24, 2.45) is 0 Å². The van der Waals surface area contributed by atoms with E-state index in [1.54, 1.807) is 0 Å². The van der Waals surface area contributed by atoms with E-state index in [2.05, 4.69) is 12.2 Å². The second-order valence-corrected chi connectivity index (χ2v) is 8.00. The molecule has 106 valence electrons. The highest BCUT2D eigenvalue weighted by Crippen LogP contribution is 2.18. The zero-order valence-electron chi connectivity index (χ0n) is 11.1. The zero-order valence-corrected chi connectivity index (χ0v) is 12.7. The predicted molar refractivity (Wildman–Crippen MR) is 79.4 cm³/mol. The van der Waals surface area contributed by atoms with Crippen LogP contribution < -0.4 is 5.32 Å². The van der Waals surface area contributed by atoms with Gasteiger partial charge in [0, 0.05) is 17.1 Å². The smallest absolute Gasteiger partial charge is 0.150 e. The van der Waals surface area contributed by atoms with Crippen LogP contribution in [0.3, 0.4) is 0 Å². The fourth-order valence-corrected chi connectivity index (χ4v) is 4.22. The van der Waals surface area contributed by atoms with E-state index in [-0.39, 0.29) is 0 Å². The lowest BCUT2D eigenvalue weighted by Gasteiger charge is -2.26. The Kier molecular flexibility index (Phi) is 4.87. The highest BCUT2D eigenvalue weighted by molar-refractivity contribution is 7.91. The summed E-state index contributed by atoms with van der Waals surface area (Å²) in [5.41, 5.74) is 1.13. The van der Waals surface area contributed by atoms with Crippen LogP contribution in [0.1, 0.15) is 25.3 Å². The van der Waals surface area contributed by atoms with Gasteiger partial charge in [-0.1, -0.05) is 29.8 Å². The number of sulfone groups is 1. The minimum atomic E-state index is -2.78. The van der Waals surface area contributed by atoms with Gasteiger partial charge in [0.05, 0.1) is 11.5 Å². The minimum absolute atomic E-state index is 0.297. The van der Waals surface area contributed by atoms with E-state index in [9.17, 15) is 8.42 Å². The predicted octanol–water partition coefficient (Wildman–Crippen LogP) is 2.44. The van der Waals surface area contributed by atoms with Crippen molar-refractivity contribution in [3.63, 3.8) is 0 Å². The molecule has 1 heterocycles. The van der Waals surface area contributed by atoms with Gasteiger partial charge in [-0.2, -0.15) is 0 Å². The molecule has 0 aromatic heterocycles. The lowest BCUT2D eigenvalue weighted by molar-refractivity contribution is 0.411. The first-order valence-electron chi connectivity index (χ1n) is 6.66. The zero-order chi connectivity index (χ0) is 13.9. The largest absolute Gasteiger partial charge is 0.311 e. The third kappa shape index (κ3) is 4.48. The van der Waals surface area contributed by atoms with E-state index in [0.29, 0.717) is 23.6 Å². The molecule has 1 unspecified atom stereocenters. The number of nitrogens with one attached hydrogen (secondary N) is 1. The Morgan fingerprint density at radius 2 is 1.95 bits per heavy atom. The van der Waals surface area contributed by atoms with Gasteiger partial charge >= 0.3 is 0 Å². The summed E-state index contributed by atoms with van der Waals surface area (Å²) in [6, 6.07) is 8.45. The third-order valence-corrected chi connectivity index (χ3v) is 5.64. The van der Waals surface area contributed by atoms with Crippen LogP contribution in [0.4, 0.5) is 0 Å². The molecule has 1 aliphatic heterocycles. The summed E-state index contributed by atoms with van der Waals surface area (Å²) in [4.78, 5) is 0. The molecule has 1 fully saturated rings. The Labute approximate surface area is 120 Å². The molecular formula is C14H20ClNO2S. The number of benzene rings is 1. The van der Waals surface area contributed by atoms with Crippen molar-refractivity contribution in [3.8, 4) is 0 Å². The number of hydrogen-bond acceptors (Lipinski definition) is 3. The van der Waals surface area contributed by atoms with Crippen molar-refractivity contribution in [1.82, 2.24) is 5.32 Å². The molecular weight excluding hydrogens is 282 g/mol. The SMILES string of the molecule is CC(Cc1ccccc1Cl)NC1CCS(=O)(=O)CC1. The lowest BCUT2D eigenvalue weighted by Crippen LogP contribution is -2.42. The monoisotopic (exact) mass is 301 g/mol. The Morgan fingerprint density at radius 3 is 2.58 bits per heavy atom. The van der Waals surface area contributed by atoms with E-state index in [0.717, 1.165) is 29.8 Å². The molecule has 19 heavy (non-hydrogen) atoms. The molecule has 3 nitrogen and oxygen atoms in total. The maximum atomic E-state index is 11.4. The Balaban J connectivity index is 1.85. The summed E-state index contributed by atoms with van der Waals surface area (Å²) in [5.74, 6) is 0.618.